The van der Waals surface area contributed by atoms with Crippen LogP contribution in [0.4, 0.5) is 4.39 Å². The van der Waals surface area contributed by atoms with E-state index in [1.54, 1.807) is 0 Å². The molecular formula is C15H16FN. The summed E-state index contributed by atoms with van der Waals surface area (Å²) in [5, 5.41) is 0. The molecule has 0 aliphatic heterocycles. The average molecular weight is 229 g/mol. The lowest BCUT2D eigenvalue weighted by atomic mass is 9.94. The summed E-state index contributed by atoms with van der Waals surface area (Å²) in [6.45, 7) is 4.21. The first-order valence-corrected chi connectivity index (χ1v) is 5.83. The Kier molecular flexibility index (Phi) is 3.52. The molecule has 17 heavy (non-hydrogen) atoms. The van der Waals surface area contributed by atoms with E-state index in [1.807, 2.05) is 24.4 Å². The van der Waals surface area contributed by atoms with Crippen molar-refractivity contribution in [2.24, 2.45) is 0 Å². The number of hydrogen-bond donors (Lipinski definition) is 0. The van der Waals surface area contributed by atoms with Crippen LogP contribution >= 0.6 is 0 Å². The quantitative estimate of drug-likeness (QED) is 0.778. The van der Waals surface area contributed by atoms with E-state index < -0.39 is 0 Å². The monoisotopic (exact) mass is 229 g/mol. The van der Waals surface area contributed by atoms with E-state index in [-0.39, 0.29) is 5.82 Å². The summed E-state index contributed by atoms with van der Waals surface area (Å²) in [7, 11) is 0. The Labute approximate surface area is 101 Å². The standard InChI is InChI=1S/C15H16FN/c1-11-4-3-9-17-15(11)10-12(2)13-5-7-14(16)8-6-13/h3-9,12H,10H2,1-2H3. The van der Waals surface area contributed by atoms with Crippen LogP contribution < -0.4 is 0 Å². The Hall–Kier alpha value is -1.70. The van der Waals surface area contributed by atoms with Crippen LogP contribution in [0.5, 0.6) is 0 Å². The predicted octanol–water partition coefficient (Wildman–Crippen LogP) is 3.88. The summed E-state index contributed by atoms with van der Waals surface area (Å²) in [5.41, 5.74) is 3.47. The van der Waals surface area contributed by atoms with E-state index in [2.05, 4.69) is 24.9 Å². The number of nitrogens with zero attached hydrogens (tertiary/aromatic N) is 1. The molecule has 0 saturated carbocycles. The fourth-order valence-electron chi connectivity index (χ4n) is 1.93. The Morgan fingerprint density at radius 1 is 1.18 bits per heavy atom. The van der Waals surface area contributed by atoms with Crippen molar-refractivity contribution in [3.63, 3.8) is 0 Å². The van der Waals surface area contributed by atoms with Gasteiger partial charge in [-0.1, -0.05) is 25.1 Å². The highest BCUT2D eigenvalue weighted by Gasteiger charge is 2.09. The molecule has 2 aromatic rings. The zero-order valence-corrected chi connectivity index (χ0v) is 10.2. The molecule has 1 aromatic carbocycles. The Bertz CT molecular complexity index is 491. The molecule has 1 atom stereocenters. The molecule has 2 rings (SSSR count). The van der Waals surface area contributed by atoms with E-state index in [1.165, 1.54) is 17.7 Å². The number of pyridine rings is 1. The van der Waals surface area contributed by atoms with Crippen LogP contribution in [0, 0.1) is 12.7 Å². The van der Waals surface area contributed by atoms with E-state index in [0.717, 1.165) is 17.7 Å². The second kappa shape index (κ2) is 5.09. The summed E-state index contributed by atoms with van der Waals surface area (Å²) in [5.74, 6) is 0.166. The lowest BCUT2D eigenvalue weighted by Crippen LogP contribution is -2.02. The second-order valence-electron chi connectivity index (χ2n) is 4.42. The minimum Gasteiger partial charge on any atom is -0.261 e. The molecule has 0 fully saturated rings. The summed E-state index contributed by atoms with van der Waals surface area (Å²) >= 11 is 0. The van der Waals surface area contributed by atoms with Crippen LogP contribution in [-0.4, -0.2) is 4.98 Å². The molecular weight excluding hydrogens is 213 g/mol. The molecule has 0 aliphatic rings. The molecule has 0 bridgehead atoms. The lowest BCUT2D eigenvalue weighted by molar-refractivity contribution is 0.625. The van der Waals surface area contributed by atoms with Crippen molar-refractivity contribution in [3.05, 3.63) is 65.2 Å². The van der Waals surface area contributed by atoms with Crippen molar-refractivity contribution in [2.75, 3.05) is 0 Å². The number of aryl methyl sites for hydroxylation is 1. The van der Waals surface area contributed by atoms with Crippen molar-refractivity contribution >= 4 is 0 Å². The van der Waals surface area contributed by atoms with Gasteiger partial charge in [0.25, 0.3) is 0 Å². The molecule has 1 aromatic heterocycles. The van der Waals surface area contributed by atoms with Crippen molar-refractivity contribution in [2.45, 2.75) is 26.2 Å². The van der Waals surface area contributed by atoms with Crippen molar-refractivity contribution < 1.29 is 4.39 Å². The number of hydrogen-bond acceptors (Lipinski definition) is 1. The van der Waals surface area contributed by atoms with Gasteiger partial charge in [-0.15, -0.1) is 0 Å². The van der Waals surface area contributed by atoms with Gasteiger partial charge in [0.05, 0.1) is 0 Å². The fraction of sp³-hybridized carbons (Fsp3) is 0.267. The molecule has 0 spiro atoms. The smallest absolute Gasteiger partial charge is 0.123 e. The third kappa shape index (κ3) is 2.90. The molecule has 88 valence electrons. The number of rotatable bonds is 3. The molecule has 1 nitrogen and oxygen atoms in total. The van der Waals surface area contributed by atoms with Crippen LogP contribution in [0.1, 0.15) is 29.7 Å². The Morgan fingerprint density at radius 3 is 2.53 bits per heavy atom. The molecule has 1 heterocycles. The van der Waals surface area contributed by atoms with Gasteiger partial charge in [0, 0.05) is 11.9 Å². The minimum atomic E-state index is -0.185. The normalized spacial score (nSPS) is 12.4. The summed E-state index contributed by atoms with van der Waals surface area (Å²) in [4.78, 5) is 4.39. The van der Waals surface area contributed by atoms with E-state index >= 15 is 0 Å². The van der Waals surface area contributed by atoms with Crippen LogP contribution in [0.3, 0.4) is 0 Å². The topological polar surface area (TPSA) is 12.9 Å². The van der Waals surface area contributed by atoms with Gasteiger partial charge in [0.15, 0.2) is 0 Å². The molecule has 0 amide bonds. The van der Waals surface area contributed by atoms with Gasteiger partial charge in [-0.3, -0.25) is 4.98 Å². The summed E-state index contributed by atoms with van der Waals surface area (Å²) in [6, 6.07) is 10.7. The van der Waals surface area contributed by atoms with Gasteiger partial charge in [-0.25, -0.2) is 4.39 Å². The predicted molar refractivity (Wildman–Crippen MR) is 67.5 cm³/mol. The van der Waals surface area contributed by atoms with E-state index in [0.29, 0.717) is 5.92 Å². The average Bonchev–Trinajstić information content (AvgIpc) is 2.33. The van der Waals surface area contributed by atoms with E-state index in [9.17, 15) is 4.39 Å². The van der Waals surface area contributed by atoms with Crippen LogP contribution in [0.2, 0.25) is 0 Å². The van der Waals surface area contributed by atoms with Crippen molar-refractivity contribution in [3.8, 4) is 0 Å². The van der Waals surface area contributed by atoms with Gasteiger partial charge in [0.1, 0.15) is 5.82 Å². The summed E-state index contributed by atoms with van der Waals surface area (Å²) in [6.07, 6.45) is 2.71. The third-order valence-electron chi connectivity index (χ3n) is 3.06. The fourth-order valence-corrected chi connectivity index (χ4v) is 1.93. The zero-order valence-electron chi connectivity index (χ0n) is 10.2. The molecule has 0 aliphatic carbocycles. The van der Waals surface area contributed by atoms with Gasteiger partial charge in [-0.05, 0) is 48.6 Å². The summed E-state index contributed by atoms with van der Waals surface area (Å²) < 4.78 is 12.8. The highest BCUT2D eigenvalue weighted by Crippen LogP contribution is 2.21. The first-order valence-electron chi connectivity index (χ1n) is 5.83. The largest absolute Gasteiger partial charge is 0.261 e. The maximum atomic E-state index is 12.8. The van der Waals surface area contributed by atoms with Crippen LogP contribution in [-0.2, 0) is 6.42 Å². The second-order valence-corrected chi connectivity index (χ2v) is 4.42. The Balaban J connectivity index is 2.14. The molecule has 2 heteroatoms. The number of benzene rings is 1. The van der Waals surface area contributed by atoms with Gasteiger partial charge < -0.3 is 0 Å². The highest BCUT2D eigenvalue weighted by atomic mass is 19.1. The molecule has 1 unspecified atom stereocenters. The van der Waals surface area contributed by atoms with Gasteiger partial charge >= 0.3 is 0 Å². The highest BCUT2D eigenvalue weighted by molar-refractivity contribution is 5.24. The van der Waals surface area contributed by atoms with E-state index in [4.69, 9.17) is 0 Å². The van der Waals surface area contributed by atoms with Gasteiger partial charge in [0.2, 0.25) is 0 Å². The van der Waals surface area contributed by atoms with Crippen molar-refractivity contribution in [1.82, 2.24) is 4.98 Å². The van der Waals surface area contributed by atoms with Gasteiger partial charge in [-0.2, -0.15) is 0 Å². The Morgan fingerprint density at radius 2 is 1.88 bits per heavy atom. The number of aromatic nitrogens is 1. The maximum absolute atomic E-state index is 12.8. The third-order valence-corrected chi connectivity index (χ3v) is 3.06. The molecule has 0 N–H and O–H groups in total. The number of halogens is 1. The first kappa shape index (κ1) is 11.8. The zero-order chi connectivity index (χ0) is 12.3. The minimum absolute atomic E-state index is 0.185. The SMILES string of the molecule is Cc1cccnc1CC(C)c1ccc(F)cc1. The first-order chi connectivity index (χ1) is 8.16. The van der Waals surface area contributed by atoms with Crippen LogP contribution in [0.15, 0.2) is 42.6 Å². The molecule has 0 saturated heterocycles. The van der Waals surface area contributed by atoms with Crippen LogP contribution in [0.25, 0.3) is 0 Å². The molecule has 0 radical (unpaired) electrons. The maximum Gasteiger partial charge on any atom is 0.123 e. The van der Waals surface area contributed by atoms with Crippen molar-refractivity contribution in [1.29, 1.82) is 0 Å². The lowest BCUT2D eigenvalue weighted by Gasteiger charge is -2.12.